The van der Waals surface area contributed by atoms with Crippen molar-refractivity contribution in [2.75, 3.05) is 7.11 Å². The SMILES string of the molecule is COC(NC(=O)c1ccccc1)(OCc1cnc2cc(-c3ccc(C#N)nc3)ccn12)C(F)(F)F. The first-order valence-electron chi connectivity index (χ1n) is 10.2. The van der Waals surface area contributed by atoms with Crippen molar-refractivity contribution in [3.8, 4) is 17.2 Å². The number of methoxy groups -OCH3 is 1. The number of imidazole rings is 1. The molecule has 4 aromatic rings. The van der Waals surface area contributed by atoms with Crippen LogP contribution in [-0.2, 0) is 16.1 Å². The molecule has 8 nitrogen and oxygen atoms in total. The molecule has 0 spiro atoms. The maximum atomic E-state index is 14.0. The number of amides is 1. The maximum absolute atomic E-state index is 14.0. The van der Waals surface area contributed by atoms with Crippen molar-refractivity contribution in [1.82, 2.24) is 19.7 Å². The van der Waals surface area contributed by atoms with Crippen LogP contribution < -0.4 is 5.32 Å². The first kappa shape index (κ1) is 23.9. The van der Waals surface area contributed by atoms with Crippen LogP contribution in [0.1, 0.15) is 21.7 Å². The lowest BCUT2D eigenvalue weighted by Gasteiger charge is -2.34. The molecule has 0 radical (unpaired) electrons. The van der Waals surface area contributed by atoms with Crippen molar-refractivity contribution in [3.05, 3.63) is 90.1 Å². The molecule has 1 atom stereocenters. The normalized spacial score (nSPS) is 13.2. The second kappa shape index (κ2) is 9.54. The Labute approximate surface area is 197 Å². The lowest BCUT2D eigenvalue weighted by molar-refractivity contribution is -0.386. The van der Waals surface area contributed by atoms with Crippen molar-refractivity contribution in [1.29, 1.82) is 5.26 Å². The topological polar surface area (TPSA) is 102 Å². The van der Waals surface area contributed by atoms with E-state index in [4.69, 9.17) is 10.00 Å². The standard InChI is InChI=1S/C24H18F3N5O3/c1-34-24(23(25,26)27,31-22(33)16-5-3-2-4-6-16)35-15-20-14-30-21-11-17(9-10-32(20)21)18-7-8-19(12-28)29-13-18/h2-11,13-14H,15H2,1H3,(H,31,33). The predicted molar refractivity (Wildman–Crippen MR) is 118 cm³/mol. The summed E-state index contributed by atoms with van der Waals surface area (Å²) in [5, 5.41) is 10.7. The minimum Gasteiger partial charge on any atom is -0.329 e. The number of aromatic nitrogens is 3. The fourth-order valence-corrected chi connectivity index (χ4v) is 3.35. The summed E-state index contributed by atoms with van der Waals surface area (Å²) < 4.78 is 53.3. The highest BCUT2D eigenvalue weighted by Crippen LogP contribution is 2.33. The predicted octanol–water partition coefficient (Wildman–Crippen LogP) is 4.08. The zero-order valence-corrected chi connectivity index (χ0v) is 18.3. The maximum Gasteiger partial charge on any atom is 0.465 e. The van der Waals surface area contributed by atoms with Gasteiger partial charge in [0.2, 0.25) is 0 Å². The number of fused-ring (bicyclic) bond motifs is 1. The molecule has 178 valence electrons. The van der Waals surface area contributed by atoms with E-state index in [1.165, 1.54) is 30.5 Å². The summed E-state index contributed by atoms with van der Waals surface area (Å²) in [6.07, 6.45) is -0.545. The largest absolute Gasteiger partial charge is 0.465 e. The number of nitriles is 1. The highest BCUT2D eigenvalue weighted by molar-refractivity contribution is 5.94. The molecule has 0 aliphatic rings. The van der Waals surface area contributed by atoms with Gasteiger partial charge in [0.15, 0.2) is 0 Å². The molecule has 0 bridgehead atoms. The van der Waals surface area contributed by atoms with Gasteiger partial charge in [0.05, 0.1) is 18.5 Å². The van der Waals surface area contributed by atoms with Crippen molar-refractivity contribution < 1.29 is 27.4 Å². The van der Waals surface area contributed by atoms with Gasteiger partial charge in [-0.2, -0.15) is 18.4 Å². The summed E-state index contributed by atoms with van der Waals surface area (Å²) in [4.78, 5) is 20.7. The van der Waals surface area contributed by atoms with Crippen LogP contribution in [0.25, 0.3) is 16.8 Å². The Bertz CT molecular complexity index is 1380. The second-order valence-electron chi connectivity index (χ2n) is 7.36. The van der Waals surface area contributed by atoms with E-state index in [9.17, 15) is 18.0 Å². The molecular formula is C24H18F3N5O3. The summed E-state index contributed by atoms with van der Waals surface area (Å²) in [5.74, 6) is -4.39. The van der Waals surface area contributed by atoms with E-state index in [0.717, 1.165) is 18.2 Å². The van der Waals surface area contributed by atoms with Crippen LogP contribution in [0.2, 0.25) is 0 Å². The number of pyridine rings is 2. The summed E-state index contributed by atoms with van der Waals surface area (Å²) in [7, 11) is 0.797. The number of hydrogen-bond acceptors (Lipinski definition) is 6. The highest BCUT2D eigenvalue weighted by Gasteiger charge is 2.59. The molecule has 0 aliphatic carbocycles. The van der Waals surface area contributed by atoms with Gasteiger partial charge in [-0.3, -0.25) is 10.1 Å². The Balaban J connectivity index is 1.57. The number of ether oxygens (including phenoxy) is 2. The number of rotatable bonds is 7. The number of carbonyl (C=O) groups is 1. The van der Waals surface area contributed by atoms with Crippen LogP contribution >= 0.6 is 0 Å². The average Bonchev–Trinajstić information content (AvgIpc) is 3.28. The van der Waals surface area contributed by atoms with Gasteiger partial charge < -0.3 is 13.9 Å². The highest BCUT2D eigenvalue weighted by atomic mass is 19.4. The van der Waals surface area contributed by atoms with Gasteiger partial charge in [0.25, 0.3) is 5.91 Å². The summed E-state index contributed by atoms with van der Waals surface area (Å²) in [6.45, 7) is -0.568. The molecule has 3 aromatic heterocycles. The molecule has 1 unspecified atom stereocenters. The van der Waals surface area contributed by atoms with Crippen LogP contribution in [0.15, 0.2) is 73.2 Å². The number of carbonyl (C=O) groups excluding carboxylic acids is 1. The van der Waals surface area contributed by atoms with E-state index < -0.39 is 24.6 Å². The van der Waals surface area contributed by atoms with E-state index in [0.29, 0.717) is 11.3 Å². The Morgan fingerprint density at radius 3 is 2.49 bits per heavy atom. The third kappa shape index (κ3) is 4.84. The average molecular weight is 481 g/mol. The van der Waals surface area contributed by atoms with Crippen LogP contribution in [0, 0.1) is 11.3 Å². The molecular weight excluding hydrogens is 463 g/mol. The molecule has 1 amide bonds. The molecule has 0 fully saturated rings. The van der Waals surface area contributed by atoms with E-state index in [1.807, 2.05) is 11.4 Å². The number of halogens is 3. The first-order valence-corrected chi connectivity index (χ1v) is 10.2. The van der Waals surface area contributed by atoms with Gasteiger partial charge in [-0.05, 0) is 42.0 Å². The zero-order valence-electron chi connectivity index (χ0n) is 18.3. The van der Waals surface area contributed by atoms with E-state index >= 15 is 0 Å². The van der Waals surface area contributed by atoms with Crippen LogP contribution in [0.5, 0.6) is 0 Å². The second-order valence-corrected chi connectivity index (χ2v) is 7.36. The van der Waals surface area contributed by atoms with Crippen LogP contribution in [-0.4, -0.2) is 39.5 Å². The molecule has 11 heteroatoms. The number of nitrogens with one attached hydrogen (secondary N) is 1. The summed E-state index contributed by atoms with van der Waals surface area (Å²) in [5.41, 5.74) is 2.54. The van der Waals surface area contributed by atoms with Gasteiger partial charge in [-0.25, -0.2) is 9.97 Å². The molecule has 1 N–H and O–H groups in total. The molecule has 0 aliphatic heterocycles. The Morgan fingerprint density at radius 2 is 1.86 bits per heavy atom. The molecule has 0 saturated carbocycles. The van der Waals surface area contributed by atoms with Crippen molar-refractivity contribution in [2.24, 2.45) is 0 Å². The minimum atomic E-state index is -5.08. The quantitative estimate of drug-likeness (QED) is 0.399. The van der Waals surface area contributed by atoms with Gasteiger partial charge in [0, 0.05) is 30.6 Å². The van der Waals surface area contributed by atoms with Gasteiger partial charge in [0.1, 0.15) is 17.4 Å². The lowest BCUT2D eigenvalue weighted by atomic mass is 10.1. The molecule has 0 saturated heterocycles. The fraction of sp³-hybridized carbons (Fsp3) is 0.167. The fourth-order valence-electron chi connectivity index (χ4n) is 3.35. The van der Waals surface area contributed by atoms with Gasteiger partial charge in [-0.1, -0.05) is 18.2 Å². The van der Waals surface area contributed by atoms with E-state index in [1.54, 1.807) is 47.1 Å². The first-order chi connectivity index (χ1) is 16.8. The summed E-state index contributed by atoms with van der Waals surface area (Å²) >= 11 is 0. The van der Waals surface area contributed by atoms with Gasteiger partial charge >= 0.3 is 12.1 Å². The number of benzene rings is 1. The minimum absolute atomic E-state index is 0.0152. The van der Waals surface area contributed by atoms with Crippen LogP contribution in [0.4, 0.5) is 13.2 Å². The number of alkyl halides is 3. The van der Waals surface area contributed by atoms with Crippen molar-refractivity contribution in [3.63, 3.8) is 0 Å². The third-order valence-electron chi connectivity index (χ3n) is 5.20. The summed E-state index contributed by atoms with van der Waals surface area (Å²) in [6, 6.07) is 16.1. The lowest BCUT2D eigenvalue weighted by Crippen LogP contribution is -2.62. The van der Waals surface area contributed by atoms with E-state index in [-0.39, 0.29) is 11.3 Å². The number of nitrogens with zero attached hydrogens (tertiary/aromatic N) is 4. The van der Waals surface area contributed by atoms with Crippen molar-refractivity contribution in [2.45, 2.75) is 18.7 Å². The molecule has 35 heavy (non-hydrogen) atoms. The Morgan fingerprint density at radius 1 is 1.09 bits per heavy atom. The monoisotopic (exact) mass is 481 g/mol. The molecule has 1 aromatic carbocycles. The number of hydrogen-bond donors (Lipinski definition) is 1. The Kier molecular flexibility index (Phi) is 6.50. The molecule has 3 heterocycles. The molecule has 4 rings (SSSR count). The smallest absolute Gasteiger partial charge is 0.329 e. The zero-order chi connectivity index (χ0) is 25.1. The Hall–Kier alpha value is -4.27. The van der Waals surface area contributed by atoms with E-state index in [2.05, 4.69) is 14.7 Å². The van der Waals surface area contributed by atoms with Crippen molar-refractivity contribution >= 4 is 11.6 Å². The van der Waals surface area contributed by atoms with Gasteiger partial charge in [-0.15, -0.1) is 0 Å². The van der Waals surface area contributed by atoms with Crippen LogP contribution in [0.3, 0.4) is 0 Å². The third-order valence-corrected chi connectivity index (χ3v) is 5.20.